The van der Waals surface area contributed by atoms with Gasteiger partial charge in [0.1, 0.15) is 0 Å². The second kappa shape index (κ2) is 5.61. The predicted octanol–water partition coefficient (Wildman–Crippen LogP) is -0.668. The first-order chi connectivity index (χ1) is 8.66. The third-order valence-corrected chi connectivity index (χ3v) is 3.14. The topological polar surface area (TPSA) is 91.0 Å². The predicted molar refractivity (Wildman–Crippen MR) is 63.5 cm³/mol. The number of aromatic nitrogens is 3. The van der Waals surface area contributed by atoms with Crippen LogP contribution in [0, 0.1) is 5.92 Å². The van der Waals surface area contributed by atoms with Gasteiger partial charge in [0, 0.05) is 33.0 Å². The molecule has 1 atom stereocenters. The molecule has 2 amide bonds. The molecule has 18 heavy (non-hydrogen) atoms. The van der Waals surface area contributed by atoms with Crippen molar-refractivity contribution in [3.05, 3.63) is 11.9 Å². The molecule has 98 valence electrons. The summed E-state index contributed by atoms with van der Waals surface area (Å²) in [5.74, 6) is 0.0319. The number of carbonyl (C=O) groups excluding carboxylic acids is 2. The number of nitrogens with zero attached hydrogens (tertiary/aromatic N) is 3. The standard InChI is InChI=1S/C11H17N5O2/c1-16-7-8(2-3-10(16)17)11(18)12-5-4-9-6-13-15-14-9/h6,8H,2-5,7H2,1H3,(H,12,18)(H,13,14,15)/t8-/m0/s1. The molecule has 2 heterocycles. The summed E-state index contributed by atoms with van der Waals surface area (Å²) < 4.78 is 0. The van der Waals surface area contributed by atoms with Gasteiger partial charge in [-0.05, 0) is 6.42 Å². The molecule has 0 spiro atoms. The van der Waals surface area contributed by atoms with Gasteiger partial charge in [0.2, 0.25) is 11.8 Å². The number of piperidine rings is 1. The fourth-order valence-electron chi connectivity index (χ4n) is 2.03. The smallest absolute Gasteiger partial charge is 0.224 e. The molecule has 0 aliphatic carbocycles. The molecule has 0 aromatic carbocycles. The maximum atomic E-state index is 11.9. The van der Waals surface area contributed by atoms with Crippen molar-refractivity contribution in [3.63, 3.8) is 0 Å². The zero-order valence-corrected chi connectivity index (χ0v) is 10.3. The zero-order chi connectivity index (χ0) is 13.0. The van der Waals surface area contributed by atoms with Crippen molar-refractivity contribution in [2.45, 2.75) is 19.3 Å². The molecule has 0 radical (unpaired) electrons. The van der Waals surface area contributed by atoms with E-state index in [2.05, 4.69) is 20.7 Å². The molecule has 1 fully saturated rings. The maximum absolute atomic E-state index is 11.9. The molecule has 7 nitrogen and oxygen atoms in total. The third kappa shape index (κ3) is 3.06. The van der Waals surface area contributed by atoms with Crippen molar-refractivity contribution in [1.29, 1.82) is 0 Å². The Morgan fingerprint density at radius 2 is 2.50 bits per heavy atom. The lowest BCUT2D eigenvalue weighted by atomic mass is 9.97. The molecule has 1 aromatic heterocycles. The van der Waals surface area contributed by atoms with E-state index < -0.39 is 0 Å². The Kier molecular flexibility index (Phi) is 3.91. The highest BCUT2D eigenvalue weighted by Crippen LogP contribution is 2.16. The van der Waals surface area contributed by atoms with Gasteiger partial charge in [-0.1, -0.05) is 0 Å². The van der Waals surface area contributed by atoms with E-state index in [1.165, 1.54) is 0 Å². The Morgan fingerprint density at radius 1 is 1.67 bits per heavy atom. The van der Waals surface area contributed by atoms with E-state index in [9.17, 15) is 9.59 Å². The number of likely N-dealkylation sites (tertiary alicyclic amines) is 1. The molecule has 0 saturated carbocycles. The number of hydrogen-bond donors (Lipinski definition) is 2. The number of rotatable bonds is 4. The molecule has 7 heteroatoms. The molecule has 1 aliphatic rings. The highest BCUT2D eigenvalue weighted by Gasteiger charge is 2.27. The van der Waals surface area contributed by atoms with E-state index in [1.807, 2.05) is 0 Å². The van der Waals surface area contributed by atoms with Crippen LogP contribution in [0.5, 0.6) is 0 Å². The quantitative estimate of drug-likeness (QED) is 0.742. The molecule has 2 N–H and O–H groups in total. The fourth-order valence-corrected chi connectivity index (χ4v) is 2.03. The van der Waals surface area contributed by atoms with Crippen LogP contribution >= 0.6 is 0 Å². The first-order valence-corrected chi connectivity index (χ1v) is 6.03. The lowest BCUT2D eigenvalue weighted by molar-refractivity contribution is -0.136. The summed E-state index contributed by atoms with van der Waals surface area (Å²) in [6.07, 6.45) is 3.39. The van der Waals surface area contributed by atoms with E-state index >= 15 is 0 Å². The first kappa shape index (κ1) is 12.5. The van der Waals surface area contributed by atoms with Gasteiger partial charge in [0.15, 0.2) is 0 Å². The molecule has 0 bridgehead atoms. The molecular weight excluding hydrogens is 234 g/mol. The number of amides is 2. The first-order valence-electron chi connectivity index (χ1n) is 6.03. The van der Waals surface area contributed by atoms with Gasteiger partial charge in [0.25, 0.3) is 0 Å². The Bertz CT molecular complexity index is 417. The van der Waals surface area contributed by atoms with Gasteiger partial charge in [-0.15, -0.1) is 0 Å². The molecule has 1 aromatic rings. The summed E-state index contributed by atoms with van der Waals surface area (Å²) in [5, 5.41) is 13.0. The second-order valence-electron chi connectivity index (χ2n) is 4.51. The van der Waals surface area contributed by atoms with Crippen LogP contribution in [0.3, 0.4) is 0 Å². The van der Waals surface area contributed by atoms with Crippen LogP contribution in [0.4, 0.5) is 0 Å². The highest BCUT2D eigenvalue weighted by molar-refractivity contribution is 5.83. The average Bonchev–Trinajstić information content (AvgIpc) is 2.85. The van der Waals surface area contributed by atoms with Gasteiger partial charge < -0.3 is 10.2 Å². The molecule has 1 saturated heterocycles. The average molecular weight is 251 g/mol. The maximum Gasteiger partial charge on any atom is 0.224 e. The largest absolute Gasteiger partial charge is 0.355 e. The summed E-state index contributed by atoms with van der Waals surface area (Å²) >= 11 is 0. The monoisotopic (exact) mass is 251 g/mol. The summed E-state index contributed by atoms with van der Waals surface area (Å²) in [6.45, 7) is 1.05. The molecular formula is C11H17N5O2. The summed E-state index contributed by atoms with van der Waals surface area (Å²) in [5.41, 5.74) is 0.825. The Labute approximate surface area is 105 Å². The van der Waals surface area contributed by atoms with Crippen LogP contribution in [0.2, 0.25) is 0 Å². The molecule has 1 aliphatic heterocycles. The van der Waals surface area contributed by atoms with E-state index in [-0.39, 0.29) is 17.7 Å². The summed E-state index contributed by atoms with van der Waals surface area (Å²) in [6, 6.07) is 0. The van der Waals surface area contributed by atoms with E-state index in [1.54, 1.807) is 18.1 Å². The van der Waals surface area contributed by atoms with Crippen LogP contribution in [-0.4, -0.2) is 52.3 Å². The number of aromatic amines is 1. The number of carbonyl (C=O) groups is 2. The van der Waals surface area contributed by atoms with Crippen LogP contribution in [0.25, 0.3) is 0 Å². The molecule has 2 rings (SSSR count). The Balaban J connectivity index is 1.73. The minimum Gasteiger partial charge on any atom is -0.355 e. The minimum absolute atomic E-state index is 0.0119. The van der Waals surface area contributed by atoms with Crippen molar-refractivity contribution >= 4 is 11.8 Å². The van der Waals surface area contributed by atoms with Gasteiger partial charge in [0.05, 0.1) is 17.8 Å². The van der Waals surface area contributed by atoms with Crippen molar-refractivity contribution in [2.75, 3.05) is 20.1 Å². The van der Waals surface area contributed by atoms with Gasteiger partial charge in [-0.3, -0.25) is 9.59 Å². The number of hydrogen-bond acceptors (Lipinski definition) is 4. The Morgan fingerprint density at radius 3 is 3.17 bits per heavy atom. The SMILES string of the molecule is CN1C[C@@H](C(=O)NCCc2cn[nH]n2)CCC1=O. The van der Waals surface area contributed by atoms with Crippen molar-refractivity contribution in [2.24, 2.45) is 5.92 Å². The number of H-pyrrole nitrogens is 1. The molecule has 0 unspecified atom stereocenters. The Hall–Kier alpha value is -1.92. The van der Waals surface area contributed by atoms with E-state index in [0.717, 1.165) is 5.69 Å². The lowest BCUT2D eigenvalue weighted by Gasteiger charge is -2.28. The lowest BCUT2D eigenvalue weighted by Crippen LogP contribution is -2.44. The van der Waals surface area contributed by atoms with Gasteiger partial charge in [-0.2, -0.15) is 15.4 Å². The van der Waals surface area contributed by atoms with Crippen LogP contribution < -0.4 is 5.32 Å². The van der Waals surface area contributed by atoms with Crippen LogP contribution in [-0.2, 0) is 16.0 Å². The van der Waals surface area contributed by atoms with Crippen LogP contribution in [0.15, 0.2) is 6.20 Å². The third-order valence-electron chi connectivity index (χ3n) is 3.14. The fraction of sp³-hybridized carbons (Fsp3) is 0.636. The van der Waals surface area contributed by atoms with Crippen LogP contribution in [0.1, 0.15) is 18.5 Å². The van der Waals surface area contributed by atoms with Crippen molar-refractivity contribution in [1.82, 2.24) is 25.6 Å². The summed E-state index contributed by atoms with van der Waals surface area (Å²) in [4.78, 5) is 24.8. The summed E-state index contributed by atoms with van der Waals surface area (Å²) in [7, 11) is 1.73. The van der Waals surface area contributed by atoms with Crippen molar-refractivity contribution in [3.8, 4) is 0 Å². The highest BCUT2D eigenvalue weighted by atomic mass is 16.2. The second-order valence-corrected chi connectivity index (χ2v) is 4.51. The normalized spacial score (nSPS) is 19.9. The zero-order valence-electron chi connectivity index (χ0n) is 10.3. The number of nitrogens with one attached hydrogen (secondary N) is 2. The minimum atomic E-state index is -0.0926. The van der Waals surface area contributed by atoms with E-state index in [4.69, 9.17) is 0 Å². The van der Waals surface area contributed by atoms with Crippen molar-refractivity contribution < 1.29 is 9.59 Å². The van der Waals surface area contributed by atoms with Gasteiger partial charge in [-0.25, -0.2) is 0 Å². The van der Waals surface area contributed by atoms with E-state index in [0.29, 0.717) is 32.4 Å². The van der Waals surface area contributed by atoms with Gasteiger partial charge >= 0.3 is 0 Å².